The van der Waals surface area contributed by atoms with E-state index in [1.165, 1.54) is 6.92 Å². The molecular weight excluding hydrogens is 637 g/mol. The third-order valence-electron chi connectivity index (χ3n) is 8.47. The minimum Gasteiger partial charge on any atom is -0.309 e. The molecule has 6 nitrogen and oxygen atoms in total. The van der Waals surface area contributed by atoms with Crippen molar-refractivity contribution < 1.29 is 37.0 Å². The highest BCUT2D eigenvalue weighted by molar-refractivity contribution is 6.11. The Kier molecular flexibility index (Phi) is 2.73. The van der Waals surface area contributed by atoms with Crippen LogP contribution in [0.5, 0.6) is 0 Å². The van der Waals surface area contributed by atoms with Crippen molar-refractivity contribution in [2.75, 3.05) is 0 Å². The molecule has 0 amide bonds. The fourth-order valence-electron chi connectivity index (χ4n) is 6.37. The van der Waals surface area contributed by atoms with E-state index in [2.05, 4.69) is 15.0 Å². The third-order valence-corrected chi connectivity index (χ3v) is 8.47. The average molecular weight is 694 g/mol. The quantitative estimate of drug-likeness (QED) is 0.184. The molecule has 0 N–H and O–H groups in total. The average Bonchev–Trinajstić information content (AvgIpc) is 4.34. The second-order valence-corrected chi connectivity index (χ2v) is 11.3. The van der Waals surface area contributed by atoms with Crippen LogP contribution in [-0.4, -0.2) is 28.7 Å². The van der Waals surface area contributed by atoms with E-state index < -0.39 is 252 Å². The summed E-state index contributed by atoms with van der Waals surface area (Å²) < 4.78 is 246. The molecule has 0 saturated carbocycles. The van der Waals surface area contributed by atoms with Gasteiger partial charge in [0.05, 0.1) is 75.8 Å². The van der Waals surface area contributed by atoms with Crippen LogP contribution in [0.2, 0.25) is 0 Å². The SMILES string of the molecule is [2H]c1c([2H])c([2H])c(-n2c3c([2H])c([2H])c([2H])c([2H])c3c3c([2H])c([2H])c([2H])c([2H])c32)c(-c2nc(-n3c4c([2H])c([2H])c([2H])c([2H])c4c4c([2H])c([2H])c([2H])c([2H])c43)nc(-n3c4c([2H])c([2H])c([2H])c([2H])c4c4c([2H])c(C)c([2H])c([2H])c43)n2)c1[2H]. The highest BCUT2D eigenvalue weighted by atomic mass is 15.3. The van der Waals surface area contributed by atoms with Gasteiger partial charge in [-0.05, 0) is 61.3 Å². The number of para-hydroxylation sites is 6. The zero-order chi connectivity index (χ0) is 57.8. The summed E-state index contributed by atoms with van der Waals surface area (Å²) in [5.41, 5.74) is -5.38. The van der Waals surface area contributed by atoms with E-state index in [0.717, 1.165) is 13.7 Å². The molecule has 0 atom stereocenters. The van der Waals surface area contributed by atoms with Gasteiger partial charge in [0.25, 0.3) is 0 Å². The van der Waals surface area contributed by atoms with E-state index >= 15 is 0 Å². The third kappa shape index (κ3) is 4.09. The van der Waals surface area contributed by atoms with Gasteiger partial charge in [-0.3, -0.25) is 9.13 Å². The topological polar surface area (TPSA) is 53.5 Å². The van der Waals surface area contributed by atoms with E-state index in [-0.39, 0.29) is 10.9 Å². The summed E-state index contributed by atoms with van der Waals surface area (Å²) in [6.07, 6.45) is 0. The molecule has 0 aliphatic rings. The van der Waals surface area contributed by atoms with Crippen LogP contribution >= 0.6 is 0 Å². The fourth-order valence-corrected chi connectivity index (χ4v) is 6.37. The number of rotatable bonds is 4. The van der Waals surface area contributed by atoms with E-state index in [9.17, 15) is 12.3 Å². The van der Waals surface area contributed by atoms with Crippen molar-refractivity contribution in [3.8, 4) is 29.0 Å². The van der Waals surface area contributed by atoms with Crippen LogP contribution < -0.4 is 0 Å². The van der Waals surface area contributed by atoms with E-state index in [0.29, 0.717) is 0 Å². The van der Waals surface area contributed by atoms with Gasteiger partial charge in [-0.2, -0.15) is 15.0 Å². The summed E-state index contributed by atoms with van der Waals surface area (Å²) in [7, 11) is 0. The Bertz CT molecular complexity index is 4360. The summed E-state index contributed by atoms with van der Waals surface area (Å²) in [6.45, 7) is 1.32. The van der Waals surface area contributed by atoms with Crippen LogP contribution in [0.15, 0.2) is 163 Å². The molecule has 0 radical (unpaired) electrons. The van der Waals surface area contributed by atoms with Gasteiger partial charge in [0.15, 0.2) is 5.82 Å². The first-order valence-corrected chi connectivity index (χ1v) is 15.4. The van der Waals surface area contributed by atoms with E-state index in [1.807, 2.05) is 0 Å². The number of hydrogen-bond donors (Lipinski definition) is 0. The molecule has 244 valence electrons. The molecule has 0 aliphatic carbocycles. The molecule has 0 saturated heterocycles. The lowest BCUT2D eigenvalue weighted by Gasteiger charge is -2.16. The Hall–Kier alpha value is -7.05. The maximum atomic E-state index is 9.64. The molecule has 0 spiro atoms. The van der Waals surface area contributed by atoms with Crippen molar-refractivity contribution in [1.29, 1.82) is 0 Å². The van der Waals surface area contributed by atoms with Gasteiger partial charge < -0.3 is 4.57 Å². The zero-order valence-electron chi connectivity index (χ0n) is 53.2. The molecule has 11 aromatic rings. The number of hydrogen-bond acceptors (Lipinski definition) is 3. The van der Waals surface area contributed by atoms with Crippen LogP contribution in [-0.2, 0) is 0 Å². The van der Waals surface area contributed by atoms with Gasteiger partial charge in [0.1, 0.15) is 0 Å². The van der Waals surface area contributed by atoms with Crippen molar-refractivity contribution in [3.05, 3.63) is 169 Å². The normalized spacial score (nSPS) is 19.2. The smallest absolute Gasteiger partial charge is 0.240 e. The van der Waals surface area contributed by atoms with Gasteiger partial charge in [-0.15, -0.1) is 0 Å². The van der Waals surface area contributed by atoms with Crippen molar-refractivity contribution in [2.24, 2.45) is 0 Å². The molecule has 0 fully saturated rings. The fraction of sp³-hybridized carbons (Fsp3) is 0.0217. The molecule has 0 bridgehead atoms. The standard InChI is InChI=1S/C46H30N6/c1-29-26-27-43-36(28-29)34-18-6-12-24-41(34)52(43)46-48-44(47-45(49-46)51-39-22-10-4-16-32(39)33-17-5-11-23-40(33)51)35-19-7-13-25-42(35)50-37-20-8-2-14-30(37)31-15-3-9-21-38(31)50/h2-28H,1H3/i2D,3D,4D,5D,6D,7D,8D,9D,10D,11D,12D,13D,14D,15D,16D,17D,18D,19D,20D,21D,22D,23D,24D,25D,26D,27D,28D. The number of aromatic nitrogens is 6. The summed E-state index contributed by atoms with van der Waals surface area (Å²) >= 11 is 0. The summed E-state index contributed by atoms with van der Waals surface area (Å²) in [5.74, 6) is -2.75. The summed E-state index contributed by atoms with van der Waals surface area (Å²) in [4.78, 5) is 13.9. The maximum absolute atomic E-state index is 9.64. The van der Waals surface area contributed by atoms with Gasteiger partial charge in [-0.1, -0.05) is 114 Å². The summed E-state index contributed by atoms with van der Waals surface area (Å²) in [6, 6.07) is -23.0. The second-order valence-electron chi connectivity index (χ2n) is 11.3. The summed E-state index contributed by atoms with van der Waals surface area (Å²) in [5, 5.41) is -2.78. The minimum atomic E-state index is -1.07. The highest BCUT2D eigenvalue weighted by Crippen LogP contribution is 2.38. The lowest BCUT2D eigenvalue weighted by atomic mass is 10.1. The van der Waals surface area contributed by atoms with Gasteiger partial charge in [0.2, 0.25) is 11.9 Å². The predicted molar refractivity (Wildman–Crippen MR) is 213 cm³/mol. The van der Waals surface area contributed by atoms with E-state index in [4.69, 9.17) is 24.7 Å². The number of nitrogens with zero attached hydrogens (tertiary/aromatic N) is 6. The molecule has 11 rings (SSSR count). The molecule has 4 aromatic heterocycles. The Morgan fingerprint density at radius 2 is 0.769 bits per heavy atom. The van der Waals surface area contributed by atoms with Crippen LogP contribution in [0.1, 0.15) is 42.6 Å². The number of benzene rings is 7. The van der Waals surface area contributed by atoms with Crippen molar-refractivity contribution in [3.63, 3.8) is 0 Å². The predicted octanol–water partition coefficient (Wildman–Crippen LogP) is 11.1. The first kappa shape index (κ1) is 12.9. The molecule has 52 heavy (non-hydrogen) atoms. The Morgan fingerprint density at radius 1 is 0.385 bits per heavy atom. The monoisotopic (exact) mass is 693 g/mol. The highest BCUT2D eigenvalue weighted by Gasteiger charge is 2.22. The van der Waals surface area contributed by atoms with Crippen molar-refractivity contribution in [1.82, 2.24) is 28.7 Å². The van der Waals surface area contributed by atoms with E-state index in [1.54, 1.807) is 0 Å². The maximum Gasteiger partial charge on any atom is 0.240 e. The van der Waals surface area contributed by atoms with Crippen LogP contribution in [0.25, 0.3) is 94.4 Å². The molecule has 4 heterocycles. The van der Waals surface area contributed by atoms with Crippen LogP contribution in [0.4, 0.5) is 0 Å². The van der Waals surface area contributed by atoms with Crippen LogP contribution in [0, 0.1) is 6.92 Å². The second kappa shape index (κ2) is 11.0. The lowest BCUT2D eigenvalue weighted by Crippen LogP contribution is -2.11. The molecule has 0 unspecified atom stereocenters. The van der Waals surface area contributed by atoms with Crippen molar-refractivity contribution in [2.45, 2.75) is 6.92 Å². The molecular formula is C46H30N6. The minimum absolute atomic E-state index is 0.110. The molecule has 7 aromatic carbocycles. The van der Waals surface area contributed by atoms with Gasteiger partial charge in [-0.25, -0.2) is 0 Å². The molecule has 6 heteroatoms. The lowest BCUT2D eigenvalue weighted by molar-refractivity contribution is 0.892. The largest absolute Gasteiger partial charge is 0.309 e. The number of fused-ring (bicyclic) bond motifs is 9. The Morgan fingerprint density at radius 3 is 1.27 bits per heavy atom. The van der Waals surface area contributed by atoms with Gasteiger partial charge >= 0.3 is 0 Å². The Labute approximate surface area is 336 Å². The first-order chi connectivity index (χ1) is 36.9. The Balaban J connectivity index is 1.47. The van der Waals surface area contributed by atoms with Crippen LogP contribution in [0.3, 0.4) is 0 Å². The van der Waals surface area contributed by atoms with Gasteiger partial charge in [0, 0.05) is 37.9 Å². The first-order valence-electron chi connectivity index (χ1n) is 28.9. The van der Waals surface area contributed by atoms with Crippen molar-refractivity contribution >= 4 is 65.4 Å². The molecule has 0 aliphatic heterocycles. The zero-order valence-corrected chi connectivity index (χ0v) is 26.2.